The van der Waals surface area contributed by atoms with Crippen LogP contribution in [0.25, 0.3) is 22.0 Å². The third-order valence-corrected chi connectivity index (χ3v) is 6.76. The van der Waals surface area contributed by atoms with Crippen molar-refractivity contribution in [1.29, 1.82) is 0 Å². The van der Waals surface area contributed by atoms with Crippen LogP contribution in [0.4, 0.5) is 16.4 Å². The molecule has 0 radical (unpaired) electrons. The number of aryl methyl sites for hydroxylation is 1. The first-order valence-corrected chi connectivity index (χ1v) is 13.6. The Bertz CT molecular complexity index is 1530. The summed E-state index contributed by atoms with van der Waals surface area (Å²) in [6.07, 6.45) is 3.99. The largest absolute Gasteiger partial charge is 0.444 e. The van der Waals surface area contributed by atoms with E-state index in [2.05, 4.69) is 22.2 Å². The summed E-state index contributed by atoms with van der Waals surface area (Å²) in [6.45, 7) is 10.9. The Morgan fingerprint density at radius 3 is 2.60 bits per heavy atom. The number of hydrogen-bond acceptors (Lipinski definition) is 8. The number of nitrogens with one attached hydrogen (secondary N) is 1. The van der Waals surface area contributed by atoms with E-state index in [-0.39, 0.29) is 12.1 Å². The molecule has 0 unspecified atom stereocenters. The summed E-state index contributed by atoms with van der Waals surface area (Å²) in [6, 6.07) is 15.4. The molecule has 2 atom stereocenters. The van der Waals surface area contributed by atoms with Gasteiger partial charge >= 0.3 is 6.09 Å². The molecule has 3 heterocycles. The normalized spacial score (nSPS) is 17.5. The molecular formula is C31H36N6O3. The van der Waals surface area contributed by atoms with Gasteiger partial charge in [0.25, 0.3) is 0 Å². The number of hydrogen-bond donors (Lipinski definition) is 2. The molecule has 0 spiro atoms. The van der Waals surface area contributed by atoms with Crippen molar-refractivity contribution in [3.8, 4) is 22.9 Å². The monoisotopic (exact) mass is 540 g/mol. The number of amides is 1. The van der Waals surface area contributed by atoms with Crippen LogP contribution >= 0.6 is 0 Å². The van der Waals surface area contributed by atoms with Gasteiger partial charge in [0.2, 0.25) is 11.8 Å². The van der Waals surface area contributed by atoms with Gasteiger partial charge in [-0.15, -0.1) is 0 Å². The first-order chi connectivity index (χ1) is 19.1. The third-order valence-electron chi connectivity index (χ3n) is 6.76. The van der Waals surface area contributed by atoms with Crippen molar-refractivity contribution >= 4 is 28.5 Å². The second kappa shape index (κ2) is 11.0. The minimum absolute atomic E-state index is 0.0140. The maximum atomic E-state index is 12.7. The van der Waals surface area contributed by atoms with E-state index in [9.17, 15) is 4.79 Å². The maximum absolute atomic E-state index is 12.7. The third kappa shape index (κ3) is 6.09. The first-order valence-electron chi connectivity index (χ1n) is 13.6. The van der Waals surface area contributed by atoms with Crippen molar-refractivity contribution in [2.24, 2.45) is 5.92 Å². The fourth-order valence-electron chi connectivity index (χ4n) is 5.11. The van der Waals surface area contributed by atoms with Gasteiger partial charge in [-0.2, -0.15) is 0 Å². The van der Waals surface area contributed by atoms with Crippen molar-refractivity contribution in [2.45, 2.75) is 52.7 Å². The predicted octanol–water partition coefficient (Wildman–Crippen LogP) is 6.43. The van der Waals surface area contributed by atoms with Gasteiger partial charge in [-0.25, -0.2) is 19.7 Å². The highest BCUT2D eigenvalue weighted by Gasteiger charge is 2.31. The Labute approximate surface area is 234 Å². The highest BCUT2D eigenvalue weighted by molar-refractivity contribution is 5.98. The van der Waals surface area contributed by atoms with Crippen molar-refractivity contribution in [3.05, 3.63) is 66.5 Å². The van der Waals surface area contributed by atoms with E-state index in [1.807, 2.05) is 76.2 Å². The Morgan fingerprint density at radius 1 is 1.05 bits per heavy atom. The summed E-state index contributed by atoms with van der Waals surface area (Å²) in [5.74, 6) is 1.92. The van der Waals surface area contributed by atoms with Crippen LogP contribution in [-0.2, 0) is 4.74 Å². The lowest BCUT2D eigenvalue weighted by Gasteiger charge is -2.37. The van der Waals surface area contributed by atoms with E-state index in [0.717, 1.165) is 28.3 Å². The van der Waals surface area contributed by atoms with E-state index in [4.69, 9.17) is 20.2 Å². The lowest BCUT2D eigenvalue weighted by molar-refractivity contribution is 0.0162. The van der Waals surface area contributed by atoms with E-state index in [0.29, 0.717) is 48.0 Å². The molecular weight excluding hydrogens is 504 g/mol. The summed E-state index contributed by atoms with van der Waals surface area (Å²) in [5.41, 5.74) is 8.76. The quantitative estimate of drug-likeness (QED) is 0.278. The molecule has 2 aromatic carbocycles. The van der Waals surface area contributed by atoms with Crippen LogP contribution < -0.4 is 15.8 Å². The van der Waals surface area contributed by atoms with Crippen molar-refractivity contribution in [2.75, 3.05) is 24.1 Å². The van der Waals surface area contributed by atoms with Crippen LogP contribution in [0, 0.1) is 12.8 Å². The average Bonchev–Trinajstić information content (AvgIpc) is 2.90. The van der Waals surface area contributed by atoms with Gasteiger partial charge in [-0.3, -0.25) is 0 Å². The molecule has 4 aromatic rings. The molecule has 5 rings (SSSR count). The fraction of sp³-hybridized carbons (Fsp3) is 0.355. The number of carbonyl (C=O) groups is 1. The summed E-state index contributed by atoms with van der Waals surface area (Å²) >= 11 is 0. The van der Waals surface area contributed by atoms with Crippen LogP contribution in [0.5, 0.6) is 11.6 Å². The molecule has 208 valence electrons. The number of likely N-dealkylation sites (tertiary alicyclic amines) is 1. The molecule has 0 aliphatic carbocycles. The number of aromatic nitrogens is 3. The number of nitrogens with zero attached hydrogens (tertiary/aromatic N) is 4. The minimum Gasteiger partial charge on any atom is -0.444 e. The Morgan fingerprint density at radius 2 is 1.82 bits per heavy atom. The number of carbonyl (C=O) groups excluding carboxylic acids is 1. The highest BCUT2D eigenvalue weighted by atomic mass is 16.6. The van der Waals surface area contributed by atoms with Crippen molar-refractivity contribution < 1.29 is 14.3 Å². The van der Waals surface area contributed by atoms with Gasteiger partial charge in [0.15, 0.2) is 0 Å². The second-order valence-corrected chi connectivity index (χ2v) is 11.4. The molecule has 1 amide bonds. The molecule has 1 aliphatic heterocycles. The zero-order chi connectivity index (χ0) is 28.4. The maximum Gasteiger partial charge on any atom is 0.410 e. The summed E-state index contributed by atoms with van der Waals surface area (Å²) in [5, 5.41) is 5.28. The molecule has 1 aliphatic rings. The van der Waals surface area contributed by atoms with Gasteiger partial charge in [-0.05, 0) is 69.9 Å². The zero-order valence-electron chi connectivity index (χ0n) is 23.6. The molecule has 1 saturated heterocycles. The first kappa shape index (κ1) is 27.2. The van der Waals surface area contributed by atoms with Crippen LogP contribution in [0.2, 0.25) is 0 Å². The van der Waals surface area contributed by atoms with E-state index in [1.54, 1.807) is 17.3 Å². The Balaban J connectivity index is 1.39. The van der Waals surface area contributed by atoms with Gasteiger partial charge in [0, 0.05) is 48.0 Å². The van der Waals surface area contributed by atoms with Crippen LogP contribution in [0.1, 0.15) is 39.7 Å². The molecule has 0 saturated carbocycles. The number of nitrogens with two attached hydrogens (primary N) is 1. The van der Waals surface area contributed by atoms with Gasteiger partial charge in [-0.1, -0.05) is 31.2 Å². The summed E-state index contributed by atoms with van der Waals surface area (Å²) < 4.78 is 12.0. The number of fused-ring (bicyclic) bond motifs is 1. The average molecular weight is 541 g/mol. The molecule has 9 heteroatoms. The zero-order valence-corrected chi connectivity index (χ0v) is 23.6. The van der Waals surface area contributed by atoms with Crippen LogP contribution in [0.3, 0.4) is 0 Å². The summed E-state index contributed by atoms with van der Waals surface area (Å²) in [7, 11) is 0. The molecule has 40 heavy (non-hydrogen) atoms. The second-order valence-electron chi connectivity index (χ2n) is 11.4. The number of nitrogen functional groups attached to an aromatic ring is 1. The Hall–Kier alpha value is -4.40. The van der Waals surface area contributed by atoms with Crippen molar-refractivity contribution in [3.63, 3.8) is 0 Å². The minimum atomic E-state index is -0.543. The topological polar surface area (TPSA) is 115 Å². The Kier molecular flexibility index (Phi) is 7.47. The lowest BCUT2D eigenvalue weighted by Crippen LogP contribution is -2.49. The number of rotatable bonds is 5. The standard InChI is InChI=1S/C31H36N6O3/c1-19-15-21(18-37(17-19)30(38)40-31(3,4)5)35-29-34-14-12-26(36-29)24-11-8-13-33-28(24)39-27-20(2)16-25(32)22-9-6-7-10-23(22)27/h6-14,16,19,21H,15,17-18,32H2,1-5H3,(H,34,35,36)/t19-,21+/m1/s1. The molecule has 2 aromatic heterocycles. The van der Waals surface area contributed by atoms with E-state index < -0.39 is 5.60 Å². The lowest BCUT2D eigenvalue weighted by atomic mass is 9.96. The summed E-state index contributed by atoms with van der Waals surface area (Å²) in [4.78, 5) is 28.3. The predicted molar refractivity (Wildman–Crippen MR) is 157 cm³/mol. The number of benzene rings is 2. The fourth-order valence-corrected chi connectivity index (χ4v) is 5.11. The van der Waals surface area contributed by atoms with Crippen LogP contribution in [0.15, 0.2) is 60.9 Å². The molecule has 9 nitrogen and oxygen atoms in total. The number of piperidine rings is 1. The van der Waals surface area contributed by atoms with Gasteiger partial charge in [0.1, 0.15) is 11.4 Å². The molecule has 3 N–H and O–H groups in total. The molecule has 0 bridgehead atoms. The van der Waals surface area contributed by atoms with Gasteiger partial charge < -0.3 is 25.4 Å². The van der Waals surface area contributed by atoms with E-state index >= 15 is 0 Å². The molecule has 1 fully saturated rings. The van der Waals surface area contributed by atoms with Crippen molar-refractivity contribution in [1.82, 2.24) is 19.9 Å². The number of anilines is 2. The smallest absolute Gasteiger partial charge is 0.410 e. The number of pyridine rings is 1. The van der Waals surface area contributed by atoms with Gasteiger partial charge in [0.05, 0.1) is 11.3 Å². The van der Waals surface area contributed by atoms with Crippen LogP contribution in [-0.4, -0.2) is 50.7 Å². The number of ether oxygens (including phenoxy) is 2. The SMILES string of the molecule is Cc1cc(N)c2ccccc2c1Oc1ncccc1-c1ccnc(N[C@H]2C[C@@H](C)CN(C(=O)OC(C)(C)C)C2)n1. The highest BCUT2D eigenvalue weighted by Crippen LogP contribution is 2.38. The van der Waals surface area contributed by atoms with E-state index in [1.165, 1.54) is 0 Å².